The normalized spacial score (nSPS) is 10.3. The lowest BCUT2D eigenvalue weighted by Crippen LogP contribution is -2.14. The Labute approximate surface area is 188 Å². The first-order chi connectivity index (χ1) is 15.4. The summed E-state index contributed by atoms with van der Waals surface area (Å²) in [4.78, 5) is 36.6. The third-order valence-corrected chi connectivity index (χ3v) is 5.30. The third kappa shape index (κ3) is 6.02. The maximum atomic E-state index is 12.5. The highest BCUT2D eigenvalue weighted by Gasteiger charge is 2.12. The minimum atomic E-state index is -1.29. The van der Waals surface area contributed by atoms with Crippen molar-refractivity contribution in [1.82, 2.24) is 0 Å². The topological polar surface area (TPSA) is 125 Å². The zero-order chi connectivity index (χ0) is 23.1. The van der Waals surface area contributed by atoms with E-state index < -0.39 is 5.97 Å². The molecule has 8 nitrogen and oxygen atoms in total. The molecule has 0 heterocycles. The summed E-state index contributed by atoms with van der Waals surface area (Å²) < 4.78 is 5.13. The number of hydrogen-bond acceptors (Lipinski definition) is 6. The summed E-state index contributed by atoms with van der Waals surface area (Å²) in [6.45, 7) is 0. The molecule has 0 spiro atoms. The number of phenols is 1. The molecule has 0 saturated heterocycles. The number of hydrogen-bond donors (Lipinski definition) is 4. The lowest BCUT2D eigenvalue weighted by atomic mass is 10.2. The van der Waals surface area contributed by atoms with Crippen LogP contribution in [0.3, 0.4) is 0 Å². The van der Waals surface area contributed by atoms with Gasteiger partial charge in [0.1, 0.15) is 17.1 Å². The summed E-state index contributed by atoms with van der Waals surface area (Å²) in [5.41, 5.74) is 1.00. The number of benzene rings is 3. The number of carbonyl (C=O) groups is 3. The quantitative estimate of drug-likeness (QED) is 0.300. The van der Waals surface area contributed by atoms with Crippen molar-refractivity contribution in [1.29, 1.82) is 0 Å². The number of thioether (sulfide) groups is 1. The van der Waals surface area contributed by atoms with Gasteiger partial charge < -0.3 is 25.6 Å². The minimum absolute atomic E-state index is 0.0660. The van der Waals surface area contributed by atoms with Crippen molar-refractivity contribution >= 4 is 40.9 Å². The predicted molar refractivity (Wildman–Crippen MR) is 122 cm³/mol. The SMILES string of the molecule is COc1cccc(C(=O)Nc2cccc(SCC(=O)Nc3ccc(O)c(C(=O)O)c3)c2)c1. The average Bonchev–Trinajstić information content (AvgIpc) is 2.79. The highest BCUT2D eigenvalue weighted by atomic mass is 32.2. The van der Waals surface area contributed by atoms with Gasteiger partial charge in [0, 0.05) is 21.8 Å². The number of nitrogens with one attached hydrogen (secondary N) is 2. The van der Waals surface area contributed by atoms with Crippen LogP contribution >= 0.6 is 11.8 Å². The fraction of sp³-hybridized carbons (Fsp3) is 0.0870. The zero-order valence-corrected chi connectivity index (χ0v) is 17.8. The van der Waals surface area contributed by atoms with Crippen LogP contribution in [0.25, 0.3) is 0 Å². The van der Waals surface area contributed by atoms with Gasteiger partial charge in [-0.1, -0.05) is 12.1 Å². The summed E-state index contributed by atoms with van der Waals surface area (Å²) in [6, 6.07) is 17.7. The summed E-state index contributed by atoms with van der Waals surface area (Å²) in [7, 11) is 1.53. The fourth-order valence-electron chi connectivity index (χ4n) is 2.76. The van der Waals surface area contributed by atoms with Gasteiger partial charge in [0.25, 0.3) is 5.91 Å². The molecular weight excluding hydrogens is 432 g/mol. The van der Waals surface area contributed by atoms with E-state index in [1.54, 1.807) is 42.5 Å². The molecule has 3 aromatic rings. The Balaban J connectivity index is 1.59. The van der Waals surface area contributed by atoms with E-state index in [1.165, 1.54) is 37.1 Å². The Kier molecular flexibility index (Phi) is 7.35. The first-order valence-electron chi connectivity index (χ1n) is 9.40. The minimum Gasteiger partial charge on any atom is -0.507 e. The molecule has 3 aromatic carbocycles. The smallest absolute Gasteiger partial charge is 0.339 e. The summed E-state index contributed by atoms with van der Waals surface area (Å²) in [6.07, 6.45) is 0. The molecule has 0 aromatic heterocycles. The summed E-state index contributed by atoms with van der Waals surface area (Å²) >= 11 is 1.26. The molecular formula is C23H20N2O6S. The van der Waals surface area contributed by atoms with Crippen molar-refractivity contribution in [2.75, 3.05) is 23.5 Å². The molecule has 0 fully saturated rings. The number of anilines is 2. The van der Waals surface area contributed by atoms with Crippen LogP contribution in [0, 0.1) is 0 Å². The van der Waals surface area contributed by atoms with E-state index in [0.29, 0.717) is 17.0 Å². The molecule has 0 atom stereocenters. The highest BCUT2D eigenvalue weighted by Crippen LogP contribution is 2.24. The third-order valence-electron chi connectivity index (χ3n) is 4.30. The standard InChI is InChI=1S/C23H20N2O6S/c1-31-17-6-2-4-14(10-17)22(28)25-15-5-3-7-18(11-15)32-13-21(27)24-16-8-9-20(26)19(12-16)23(29)30/h2-12,26H,13H2,1H3,(H,24,27)(H,25,28)(H,29,30). The number of carboxylic acids is 1. The second kappa shape index (κ2) is 10.4. The number of ether oxygens (including phenoxy) is 1. The Morgan fingerprint density at radius 3 is 2.44 bits per heavy atom. The first-order valence-corrected chi connectivity index (χ1v) is 10.4. The van der Waals surface area contributed by atoms with E-state index in [4.69, 9.17) is 9.84 Å². The van der Waals surface area contributed by atoms with Gasteiger partial charge in [0.05, 0.1) is 12.9 Å². The van der Waals surface area contributed by atoms with Crippen LogP contribution in [-0.2, 0) is 4.79 Å². The van der Waals surface area contributed by atoms with E-state index >= 15 is 0 Å². The van der Waals surface area contributed by atoms with Gasteiger partial charge >= 0.3 is 5.97 Å². The zero-order valence-electron chi connectivity index (χ0n) is 17.0. The Morgan fingerprint density at radius 1 is 0.938 bits per heavy atom. The van der Waals surface area contributed by atoms with Crippen molar-refractivity contribution in [2.45, 2.75) is 4.90 Å². The van der Waals surface area contributed by atoms with Gasteiger partial charge in [-0.05, 0) is 54.6 Å². The van der Waals surface area contributed by atoms with Crippen LogP contribution in [0.4, 0.5) is 11.4 Å². The van der Waals surface area contributed by atoms with Crippen LogP contribution < -0.4 is 15.4 Å². The van der Waals surface area contributed by atoms with E-state index in [1.807, 2.05) is 6.07 Å². The first kappa shape index (κ1) is 22.7. The van der Waals surface area contributed by atoms with Crippen molar-refractivity contribution in [3.8, 4) is 11.5 Å². The molecule has 0 aliphatic rings. The number of methoxy groups -OCH3 is 1. The molecule has 164 valence electrons. The van der Waals surface area contributed by atoms with Crippen molar-refractivity contribution in [2.24, 2.45) is 0 Å². The molecule has 2 amide bonds. The molecule has 0 aliphatic heterocycles. The van der Waals surface area contributed by atoms with Crippen molar-refractivity contribution < 1.29 is 29.3 Å². The van der Waals surface area contributed by atoms with Crippen molar-refractivity contribution in [3.05, 3.63) is 77.9 Å². The molecule has 0 saturated carbocycles. The molecule has 9 heteroatoms. The number of aromatic hydroxyl groups is 1. The maximum absolute atomic E-state index is 12.5. The monoisotopic (exact) mass is 452 g/mol. The Morgan fingerprint density at radius 2 is 1.69 bits per heavy atom. The fourth-order valence-corrected chi connectivity index (χ4v) is 3.52. The number of carboxylic acid groups (broad SMARTS) is 1. The molecule has 0 bridgehead atoms. The molecule has 0 aliphatic carbocycles. The number of amides is 2. The molecule has 0 unspecified atom stereocenters. The number of carbonyl (C=O) groups excluding carboxylic acids is 2. The molecule has 4 N–H and O–H groups in total. The van der Waals surface area contributed by atoms with Gasteiger partial charge in [-0.2, -0.15) is 0 Å². The second-order valence-corrected chi connectivity index (χ2v) is 7.64. The van der Waals surface area contributed by atoms with Gasteiger partial charge in [0.2, 0.25) is 5.91 Å². The Hall–Kier alpha value is -3.98. The molecule has 3 rings (SSSR count). The lowest BCUT2D eigenvalue weighted by Gasteiger charge is -2.09. The summed E-state index contributed by atoms with van der Waals surface area (Å²) in [5, 5.41) is 24.0. The maximum Gasteiger partial charge on any atom is 0.339 e. The second-order valence-electron chi connectivity index (χ2n) is 6.59. The van der Waals surface area contributed by atoms with Crippen LogP contribution in [-0.4, -0.2) is 40.9 Å². The average molecular weight is 452 g/mol. The van der Waals surface area contributed by atoms with Crippen LogP contribution in [0.2, 0.25) is 0 Å². The van der Waals surface area contributed by atoms with E-state index in [-0.39, 0.29) is 34.6 Å². The number of rotatable bonds is 8. The van der Waals surface area contributed by atoms with Gasteiger partial charge in [-0.15, -0.1) is 11.8 Å². The van der Waals surface area contributed by atoms with Gasteiger partial charge in [-0.25, -0.2) is 4.79 Å². The van der Waals surface area contributed by atoms with E-state index in [9.17, 15) is 19.5 Å². The Bertz CT molecular complexity index is 1160. The summed E-state index contributed by atoms with van der Waals surface area (Å²) in [5.74, 6) is -1.65. The highest BCUT2D eigenvalue weighted by molar-refractivity contribution is 8.00. The van der Waals surface area contributed by atoms with Crippen LogP contribution in [0.1, 0.15) is 20.7 Å². The lowest BCUT2D eigenvalue weighted by molar-refractivity contribution is -0.113. The van der Waals surface area contributed by atoms with E-state index in [0.717, 1.165) is 4.90 Å². The van der Waals surface area contributed by atoms with Gasteiger partial charge in [0.15, 0.2) is 0 Å². The van der Waals surface area contributed by atoms with Crippen LogP contribution in [0.15, 0.2) is 71.6 Å². The van der Waals surface area contributed by atoms with E-state index in [2.05, 4.69) is 10.6 Å². The molecule has 32 heavy (non-hydrogen) atoms. The van der Waals surface area contributed by atoms with Crippen LogP contribution in [0.5, 0.6) is 11.5 Å². The largest absolute Gasteiger partial charge is 0.507 e. The van der Waals surface area contributed by atoms with Crippen molar-refractivity contribution in [3.63, 3.8) is 0 Å². The number of aromatic carboxylic acids is 1. The molecule has 0 radical (unpaired) electrons. The predicted octanol–water partition coefficient (Wildman–Crippen LogP) is 4.08. The van der Waals surface area contributed by atoms with Gasteiger partial charge in [-0.3, -0.25) is 9.59 Å².